The molecule has 0 saturated heterocycles. The molecule has 20 heavy (non-hydrogen) atoms. The zero-order valence-electron chi connectivity index (χ0n) is 12.1. The van der Waals surface area contributed by atoms with Crippen molar-refractivity contribution in [1.82, 2.24) is 0 Å². The molecule has 2 atom stereocenters. The lowest BCUT2D eigenvalue weighted by Gasteiger charge is -2.25. The highest BCUT2D eigenvalue weighted by Crippen LogP contribution is 2.32. The molecule has 1 unspecified atom stereocenters. The number of aryl methyl sites for hydroxylation is 1. The third-order valence-corrected chi connectivity index (χ3v) is 4.86. The fourth-order valence-corrected chi connectivity index (χ4v) is 2.66. The Kier molecular flexibility index (Phi) is 4.32. The molecule has 2 rings (SSSR count). The van der Waals surface area contributed by atoms with E-state index in [0.717, 1.165) is 16.5 Å². The van der Waals surface area contributed by atoms with Crippen molar-refractivity contribution < 1.29 is 13.7 Å². The topological polar surface area (TPSA) is 76.5 Å². The van der Waals surface area contributed by atoms with Crippen LogP contribution >= 0.6 is 0 Å². The molecular weight excluding hydrogens is 274 g/mol. The molecule has 0 spiro atoms. The highest BCUT2D eigenvalue weighted by Gasteiger charge is 2.30. The lowest BCUT2D eigenvalue weighted by molar-refractivity contribution is 0.237. The normalized spacial score (nSPS) is 15.4. The summed E-state index contributed by atoms with van der Waals surface area (Å²) in [6, 6.07) is 7.93. The first-order chi connectivity index (χ1) is 9.33. The lowest BCUT2D eigenvalue weighted by atomic mass is 9.95. The smallest absolute Gasteiger partial charge is 0.134 e. The molecule has 0 aliphatic heterocycles. The van der Waals surface area contributed by atoms with Gasteiger partial charge in [-0.05, 0) is 44.9 Å². The zero-order valence-corrected chi connectivity index (χ0v) is 12.9. The number of aliphatic hydroxyl groups is 1. The Morgan fingerprint density at radius 1 is 1.40 bits per heavy atom. The Balaban J connectivity index is 2.32. The maximum atomic E-state index is 11.5. The summed E-state index contributed by atoms with van der Waals surface area (Å²) in [4.78, 5) is 0. The van der Waals surface area contributed by atoms with E-state index < -0.39 is 15.7 Å². The molecule has 3 N–H and O–H groups in total. The van der Waals surface area contributed by atoms with Crippen LogP contribution in [0.3, 0.4) is 0 Å². The number of aliphatic hydroxyl groups excluding tert-OH is 1. The van der Waals surface area contributed by atoms with Crippen molar-refractivity contribution in [1.29, 1.82) is 0 Å². The minimum absolute atomic E-state index is 0.0561. The van der Waals surface area contributed by atoms with E-state index in [0.29, 0.717) is 12.2 Å². The molecule has 0 radical (unpaired) electrons. The molecule has 4 nitrogen and oxygen atoms in total. The van der Waals surface area contributed by atoms with E-state index in [-0.39, 0.29) is 12.5 Å². The Bertz CT molecular complexity index is 633. The Morgan fingerprint density at radius 2 is 2.10 bits per heavy atom. The van der Waals surface area contributed by atoms with Gasteiger partial charge in [-0.15, -0.1) is 0 Å². The molecule has 2 aromatic rings. The van der Waals surface area contributed by atoms with E-state index in [9.17, 15) is 9.32 Å². The summed E-state index contributed by atoms with van der Waals surface area (Å²) in [7, 11) is -1.45. The second kappa shape index (κ2) is 5.68. The van der Waals surface area contributed by atoms with Crippen molar-refractivity contribution in [2.75, 3.05) is 6.61 Å². The van der Waals surface area contributed by atoms with Gasteiger partial charge < -0.3 is 9.52 Å². The average Bonchev–Trinajstić information content (AvgIpc) is 2.78. The van der Waals surface area contributed by atoms with Crippen molar-refractivity contribution in [3.8, 4) is 0 Å². The largest absolute Gasteiger partial charge is 0.461 e. The van der Waals surface area contributed by atoms with Gasteiger partial charge in [0.05, 0.1) is 22.3 Å². The molecule has 0 aliphatic carbocycles. The van der Waals surface area contributed by atoms with Gasteiger partial charge in [-0.1, -0.05) is 12.1 Å². The van der Waals surface area contributed by atoms with E-state index in [4.69, 9.17) is 9.56 Å². The second-order valence-electron chi connectivity index (χ2n) is 5.83. The monoisotopic (exact) mass is 295 g/mol. The van der Waals surface area contributed by atoms with Gasteiger partial charge in [0.25, 0.3) is 0 Å². The van der Waals surface area contributed by atoms with Crippen LogP contribution in [0.1, 0.15) is 37.5 Å². The summed E-state index contributed by atoms with van der Waals surface area (Å²) >= 11 is 0. The van der Waals surface area contributed by atoms with Crippen molar-refractivity contribution in [2.24, 2.45) is 5.14 Å². The zero-order chi connectivity index (χ0) is 14.9. The predicted molar refractivity (Wildman–Crippen MR) is 81.8 cm³/mol. The van der Waals surface area contributed by atoms with Gasteiger partial charge in [-0.3, -0.25) is 5.14 Å². The maximum Gasteiger partial charge on any atom is 0.134 e. The number of benzene rings is 1. The van der Waals surface area contributed by atoms with Gasteiger partial charge in [0.2, 0.25) is 0 Å². The molecule has 1 heterocycles. The van der Waals surface area contributed by atoms with E-state index in [2.05, 4.69) is 0 Å². The fourth-order valence-electron chi connectivity index (χ4n) is 2.29. The van der Waals surface area contributed by atoms with E-state index in [1.54, 1.807) is 0 Å². The van der Waals surface area contributed by atoms with Crippen LogP contribution in [0.25, 0.3) is 11.0 Å². The van der Waals surface area contributed by atoms with Crippen LogP contribution in [-0.4, -0.2) is 20.7 Å². The quantitative estimate of drug-likeness (QED) is 0.890. The minimum Gasteiger partial charge on any atom is -0.461 e. The second-order valence-corrected chi connectivity index (χ2v) is 7.53. The van der Waals surface area contributed by atoms with Crippen LogP contribution < -0.4 is 5.14 Å². The van der Waals surface area contributed by atoms with Crippen LogP contribution in [0.4, 0.5) is 0 Å². The van der Waals surface area contributed by atoms with E-state index in [1.165, 1.54) is 0 Å². The molecular formula is C15H21NO3S. The number of hydrogen-bond acceptors (Lipinski definition) is 3. The van der Waals surface area contributed by atoms with Crippen LogP contribution in [0.5, 0.6) is 0 Å². The summed E-state index contributed by atoms with van der Waals surface area (Å²) in [6.07, 6.45) is 0.505. The first-order valence-corrected chi connectivity index (χ1v) is 7.82. The highest BCUT2D eigenvalue weighted by atomic mass is 32.2. The Labute approximate surface area is 121 Å². The maximum absolute atomic E-state index is 11.5. The number of rotatable bonds is 5. The van der Waals surface area contributed by atoms with Gasteiger partial charge >= 0.3 is 0 Å². The molecule has 0 aliphatic rings. The van der Waals surface area contributed by atoms with Crippen molar-refractivity contribution in [2.45, 2.75) is 37.9 Å². The van der Waals surface area contributed by atoms with Gasteiger partial charge in [0, 0.05) is 11.3 Å². The molecule has 110 valence electrons. The third kappa shape index (κ3) is 3.11. The van der Waals surface area contributed by atoms with Crippen LogP contribution in [-0.2, 0) is 11.0 Å². The third-order valence-electron chi connectivity index (χ3n) is 3.60. The number of fused-ring (bicyclic) bond motifs is 1. The molecule has 0 amide bonds. The summed E-state index contributed by atoms with van der Waals surface area (Å²) < 4.78 is 16.8. The molecule has 0 fully saturated rings. The van der Waals surface area contributed by atoms with Crippen molar-refractivity contribution in [3.63, 3.8) is 0 Å². The molecule has 5 heteroatoms. The SMILES string of the molecule is Cc1ccc2cc([C@@H](CO)CC(C)(C)S(N)=O)oc2c1. The summed E-state index contributed by atoms with van der Waals surface area (Å²) in [5.74, 6) is 0.511. The Hall–Kier alpha value is -1.17. The Morgan fingerprint density at radius 3 is 2.70 bits per heavy atom. The first kappa shape index (κ1) is 15.2. The number of hydrogen-bond donors (Lipinski definition) is 2. The van der Waals surface area contributed by atoms with Gasteiger partial charge in [-0.2, -0.15) is 0 Å². The van der Waals surface area contributed by atoms with Crippen LogP contribution in [0.15, 0.2) is 28.7 Å². The van der Waals surface area contributed by atoms with E-state index >= 15 is 0 Å². The van der Waals surface area contributed by atoms with Gasteiger partial charge in [0.1, 0.15) is 11.3 Å². The number of nitrogens with two attached hydrogens (primary N) is 1. The summed E-state index contributed by atoms with van der Waals surface area (Å²) in [6.45, 7) is 5.61. The summed E-state index contributed by atoms with van der Waals surface area (Å²) in [5.41, 5.74) is 1.94. The molecule has 1 aromatic heterocycles. The van der Waals surface area contributed by atoms with Crippen molar-refractivity contribution in [3.05, 3.63) is 35.6 Å². The lowest BCUT2D eigenvalue weighted by Crippen LogP contribution is -2.34. The number of furan rings is 1. The molecule has 0 bridgehead atoms. The summed E-state index contributed by atoms with van der Waals surface area (Å²) in [5, 5.41) is 16.1. The predicted octanol–water partition coefficient (Wildman–Crippen LogP) is 2.61. The van der Waals surface area contributed by atoms with Gasteiger partial charge in [0.15, 0.2) is 0 Å². The van der Waals surface area contributed by atoms with Crippen molar-refractivity contribution >= 4 is 22.0 Å². The van der Waals surface area contributed by atoms with Crippen LogP contribution in [0.2, 0.25) is 0 Å². The van der Waals surface area contributed by atoms with E-state index in [1.807, 2.05) is 45.0 Å². The molecule has 1 aromatic carbocycles. The fraction of sp³-hybridized carbons (Fsp3) is 0.467. The molecule has 0 saturated carbocycles. The standard InChI is InChI=1S/C15H21NO3S/c1-10-4-5-11-7-14(19-13(11)6-10)12(9-17)8-15(2,3)20(16)18/h4-7,12,17H,8-9,16H2,1-3H3/t12-,20?/m1/s1. The highest BCUT2D eigenvalue weighted by molar-refractivity contribution is 7.84. The van der Waals surface area contributed by atoms with Gasteiger partial charge in [-0.25, -0.2) is 4.21 Å². The average molecular weight is 295 g/mol. The first-order valence-electron chi connectivity index (χ1n) is 6.61. The minimum atomic E-state index is -1.45. The van der Waals surface area contributed by atoms with Crippen LogP contribution in [0, 0.1) is 6.92 Å².